The number of rotatable bonds is 6. The lowest BCUT2D eigenvalue weighted by Crippen LogP contribution is -2.36. The maximum Gasteiger partial charge on any atom is 0.0953 e. The molecule has 1 heterocycles. The molecule has 3 heteroatoms. The third kappa shape index (κ3) is 5.10. The molecule has 0 radical (unpaired) electrons. The predicted molar refractivity (Wildman–Crippen MR) is 86.6 cm³/mol. The third-order valence-electron chi connectivity index (χ3n) is 4.04. The zero-order valence-electron chi connectivity index (χ0n) is 13.8. The minimum absolute atomic E-state index is 0.119. The van der Waals surface area contributed by atoms with Crippen LogP contribution < -0.4 is 5.32 Å². The third-order valence-corrected chi connectivity index (χ3v) is 4.04. The van der Waals surface area contributed by atoms with Crippen molar-refractivity contribution in [1.29, 1.82) is 0 Å². The Balaban J connectivity index is 2.03. The molecule has 21 heavy (non-hydrogen) atoms. The normalized spacial score (nSPS) is 27.5. The van der Waals surface area contributed by atoms with Crippen molar-refractivity contribution < 1.29 is 9.47 Å². The van der Waals surface area contributed by atoms with Crippen LogP contribution in [0, 0.1) is 6.92 Å². The van der Waals surface area contributed by atoms with E-state index in [0.29, 0.717) is 0 Å². The number of aryl methyl sites for hydroxylation is 1. The summed E-state index contributed by atoms with van der Waals surface area (Å²) < 4.78 is 12.2. The maximum absolute atomic E-state index is 6.42. The molecule has 2 rings (SSSR count). The van der Waals surface area contributed by atoms with E-state index in [1.807, 2.05) is 0 Å². The Hall–Kier alpha value is -0.900. The molecule has 0 aliphatic carbocycles. The van der Waals surface area contributed by atoms with Crippen LogP contribution in [0.4, 0.5) is 0 Å². The van der Waals surface area contributed by atoms with E-state index in [1.165, 1.54) is 11.1 Å². The van der Waals surface area contributed by atoms with Crippen LogP contribution in [0.5, 0.6) is 0 Å². The fourth-order valence-electron chi connectivity index (χ4n) is 2.99. The van der Waals surface area contributed by atoms with Crippen molar-refractivity contribution in [3.8, 4) is 0 Å². The summed E-state index contributed by atoms with van der Waals surface area (Å²) in [6, 6.07) is 8.69. The number of benzene rings is 1. The molecule has 0 saturated carbocycles. The summed E-state index contributed by atoms with van der Waals surface area (Å²) in [5, 5.41) is 3.42. The predicted octanol–water partition coefficient (Wildman–Crippen LogP) is 3.62. The fourth-order valence-corrected chi connectivity index (χ4v) is 2.99. The summed E-state index contributed by atoms with van der Waals surface area (Å²) in [7, 11) is 0. The molecule has 3 unspecified atom stereocenters. The van der Waals surface area contributed by atoms with Crippen molar-refractivity contribution in [3.05, 3.63) is 35.4 Å². The van der Waals surface area contributed by atoms with E-state index in [9.17, 15) is 0 Å². The van der Waals surface area contributed by atoms with Gasteiger partial charge in [0.1, 0.15) is 0 Å². The van der Waals surface area contributed by atoms with Gasteiger partial charge in [-0.15, -0.1) is 0 Å². The molecule has 3 atom stereocenters. The van der Waals surface area contributed by atoms with Gasteiger partial charge in [-0.05, 0) is 45.7 Å². The average molecular weight is 291 g/mol. The Labute approximate surface area is 129 Å². The van der Waals surface area contributed by atoms with E-state index in [-0.39, 0.29) is 24.4 Å². The molecule has 0 spiro atoms. The van der Waals surface area contributed by atoms with Crippen molar-refractivity contribution in [1.82, 2.24) is 5.32 Å². The Morgan fingerprint density at radius 2 is 1.81 bits per heavy atom. The Bertz CT molecular complexity index is 408. The highest BCUT2D eigenvalue weighted by Gasteiger charge is 2.27. The lowest BCUT2D eigenvalue weighted by molar-refractivity contribution is -0.122. The second-order valence-corrected chi connectivity index (χ2v) is 6.19. The maximum atomic E-state index is 6.42. The van der Waals surface area contributed by atoms with Gasteiger partial charge in [-0.3, -0.25) is 0 Å². The zero-order chi connectivity index (χ0) is 15.2. The molecule has 1 saturated heterocycles. The van der Waals surface area contributed by atoms with E-state index in [0.717, 1.165) is 25.9 Å². The van der Waals surface area contributed by atoms with Gasteiger partial charge in [0.15, 0.2) is 0 Å². The molecule has 0 bridgehead atoms. The Kier molecular flexibility index (Phi) is 6.22. The van der Waals surface area contributed by atoms with Gasteiger partial charge in [-0.1, -0.05) is 36.8 Å². The molecule has 3 nitrogen and oxygen atoms in total. The summed E-state index contributed by atoms with van der Waals surface area (Å²) in [4.78, 5) is 0. The summed E-state index contributed by atoms with van der Waals surface area (Å²) >= 11 is 0. The number of nitrogens with one attached hydrogen (secondary N) is 1. The SMILES string of the molecule is CCNCC(OC1CC(C)OC(C)C1)c1ccc(C)cc1. The van der Waals surface area contributed by atoms with Gasteiger partial charge >= 0.3 is 0 Å². The minimum atomic E-state index is 0.119. The number of hydrogen-bond acceptors (Lipinski definition) is 3. The first-order valence-corrected chi connectivity index (χ1v) is 8.16. The van der Waals surface area contributed by atoms with Crippen LogP contribution in [0.15, 0.2) is 24.3 Å². The van der Waals surface area contributed by atoms with Gasteiger partial charge in [0, 0.05) is 6.54 Å². The van der Waals surface area contributed by atoms with Crippen LogP contribution in [0.2, 0.25) is 0 Å². The highest BCUT2D eigenvalue weighted by Crippen LogP contribution is 2.27. The molecule has 1 N–H and O–H groups in total. The number of ether oxygens (including phenoxy) is 2. The fraction of sp³-hybridized carbons (Fsp3) is 0.667. The largest absolute Gasteiger partial charge is 0.375 e. The van der Waals surface area contributed by atoms with Crippen LogP contribution in [-0.2, 0) is 9.47 Å². The molecule has 1 aromatic carbocycles. The summed E-state index contributed by atoms with van der Waals surface area (Å²) in [6.45, 7) is 10.3. The van der Waals surface area contributed by atoms with E-state index in [1.54, 1.807) is 0 Å². The van der Waals surface area contributed by atoms with Crippen molar-refractivity contribution in [2.45, 2.75) is 65.0 Å². The standard InChI is InChI=1S/C18H29NO2/c1-5-19-12-18(16-8-6-13(2)7-9-16)21-17-10-14(3)20-15(4)11-17/h6-9,14-15,17-19H,5,10-12H2,1-4H3. The Morgan fingerprint density at radius 1 is 1.19 bits per heavy atom. The van der Waals surface area contributed by atoms with Crippen LogP contribution in [0.1, 0.15) is 50.8 Å². The summed E-state index contributed by atoms with van der Waals surface area (Å²) in [5.74, 6) is 0. The molecular weight excluding hydrogens is 262 g/mol. The lowest BCUT2D eigenvalue weighted by atomic mass is 10.0. The molecular formula is C18H29NO2. The highest BCUT2D eigenvalue weighted by molar-refractivity contribution is 5.23. The van der Waals surface area contributed by atoms with Gasteiger partial charge in [0.25, 0.3) is 0 Å². The first-order valence-electron chi connectivity index (χ1n) is 8.16. The van der Waals surface area contributed by atoms with Crippen molar-refractivity contribution >= 4 is 0 Å². The second-order valence-electron chi connectivity index (χ2n) is 6.19. The minimum Gasteiger partial charge on any atom is -0.375 e. The van der Waals surface area contributed by atoms with Gasteiger partial charge < -0.3 is 14.8 Å². The molecule has 118 valence electrons. The summed E-state index contributed by atoms with van der Waals surface area (Å²) in [5.41, 5.74) is 2.54. The molecule has 1 fully saturated rings. The molecule has 0 amide bonds. The first-order chi connectivity index (χ1) is 10.1. The average Bonchev–Trinajstić information content (AvgIpc) is 2.43. The van der Waals surface area contributed by atoms with E-state index < -0.39 is 0 Å². The van der Waals surface area contributed by atoms with Crippen molar-refractivity contribution in [3.63, 3.8) is 0 Å². The molecule has 1 aliphatic rings. The molecule has 1 aromatic rings. The van der Waals surface area contributed by atoms with E-state index in [4.69, 9.17) is 9.47 Å². The zero-order valence-corrected chi connectivity index (χ0v) is 13.8. The number of likely N-dealkylation sites (N-methyl/N-ethyl adjacent to an activating group) is 1. The summed E-state index contributed by atoms with van der Waals surface area (Å²) in [6.07, 6.45) is 2.95. The van der Waals surface area contributed by atoms with Crippen molar-refractivity contribution in [2.75, 3.05) is 13.1 Å². The highest BCUT2D eigenvalue weighted by atomic mass is 16.5. The lowest BCUT2D eigenvalue weighted by Gasteiger charge is -2.34. The van der Waals surface area contributed by atoms with Gasteiger partial charge in [0.05, 0.1) is 24.4 Å². The smallest absolute Gasteiger partial charge is 0.0953 e. The second kappa shape index (κ2) is 7.92. The van der Waals surface area contributed by atoms with Gasteiger partial charge in [-0.2, -0.15) is 0 Å². The first kappa shape index (κ1) is 16.5. The van der Waals surface area contributed by atoms with E-state index >= 15 is 0 Å². The van der Waals surface area contributed by atoms with Crippen LogP contribution in [0.3, 0.4) is 0 Å². The topological polar surface area (TPSA) is 30.5 Å². The quantitative estimate of drug-likeness (QED) is 0.868. The van der Waals surface area contributed by atoms with E-state index in [2.05, 4.69) is 57.3 Å². The monoisotopic (exact) mass is 291 g/mol. The molecule has 1 aliphatic heterocycles. The molecule has 0 aromatic heterocycles. The van der Waals surface area contributed by atoms with Crippen LogP contribution >= 0.6 is 0 Å². The number of hydrogen-bond donors (Lipinski definition) is 1. The van der Waals surface area contributed by atoms with Gasteiger partial charge in [-0.25, -0.2) is 0 Å². The van der Waals surface area contributed by atoms with Crippen LogP contribution in [-0.4, -0.2) is 31.4 Å². The van der Waals surface area contributed by atoms with Crippen molar-refractivity contribution in [2.24, 2.45) is 0 Å². The Morgan fingerprint density at radius 3 is 2.38 bits per heavy atom. The van der Waals surface area contributed by atoms with Crippen LogP contribution in [0.25, 0.3) is 0 Å². The van der Waals surface area contributed by atoms with Gasteiger partial charge in [0.2, 0.25) is 0 Å².